The van der Waals surface area contributed by atoms with Crippen LogP contribution < -0.4 is 0 Å². The molecular formula is C48H86O17. The predicted molar refractivity (Wildman–Crippen MR) is 240 cm³/mol. The first-order valence-electron chi connectivity index (χ1n) is 24.6. The number of allylic oxidation sites excluding steroid dienone is 2. The Morgan fingerprint density at radius 1 is 0.569 bits per heavy atom. The first kappa shape index (κ1) is 59.0. The molecule has 0 radical (unpaired) electrons. The molecule has 65 heavy (non-hydrogen) atoms. The van der Waals surface area contributed by atoms with E-state index in [4.69, 9.17) is 23.7 Å². The van der Waals surface area contributed by atoms with Gasteiger partial charge in [-0.05, 0) is 64.2 Å². The Labute approximate surface area is 386 Å². The summed E-state index contributed by atoms with van der Waals surface area (Å²) in [5.41, 5.74) is 0. The molecule has 0 spiro atoms. The number of carbonyl (C=O) groups is 2. The summed E-state index contributed by atoms with van der Waals surface area (Å²) in [6.07, 6.45) is 14.5. The molecule has 2 heterocycles. The summed E-state index contributed by atoms with van der Waals surface area (Å²) >= 11 is 0. The Morgan fingerprint density at radius 3 is 1.46 bits per heavy atom. The molecule has 3 unspecified atom stereocenters. The molecule has 0 aromatic carbocycles. The van der Waals surface area contributed by atoms with Crippen molar-refractivity contribution in [3.8, 4) is 0 Å². The zero-order valence-electron chi connectivity index (χ0n) is 39.3. The van der Waals surface area contributed by atoms with Crippen LogP contribution in [-0.4, -0.2) is 149 Å². The van der Waals surface area contributed by atoms with Gasteiger partial charge in [-0.15, -0.1) is 0 Å². The average Bonchev–Trinajstić information content (AvgIpc) is 3.53. The third kappa shape index (κ3) is 19.8. The summed E-state index contributed by atoms with van der Waals surface area (Å²) in [7, 11) is 0. The molecule has 10 N–H and O–H groups in total. The van der Waals surface area contributed by atoms with E-state index in [2.05, 4.69) is 19.9 Å². The van der Waals surface area contributed by atoms with Crippen LogP contribution >= 0.6 is 0 Å². The minimum absolute atomic E-state index is 0.260. The smallest absolute Gasteiger partial charge is 0.405 e. The number of carbonyl (C=O) groups excluding carboxylic acids is 2. The highest BCUT2D eigenvalue weighted by molar-refractivity contribution is 5.71. The van der Waals surface area contributed by atoms with Crippen molar-refractivity contribution >= 4 is 11.9 Å². The standard InChI is InChI=1S/C48H86O17/c1-3-5-7-21-27-36(52)29-23-17-13-9-11-15-19-25-31-40(54)63-47(60)45(59)43(57)39(34-50)62-48(47,65-46(35-51)44(58)42(56)38(33-49)61-46)64-41(55)32-26-20-16-12-10-14-18-24-30-37(53)28-22-8-6-4-2/h17-18,23-24,36-39,42-45,49-53,56-60H,3-16,19-22,25-35H2,1-2H3/b23-17+,24-18+/t36?,37?,38-,39-,42-,43-,44+,45+,46?,47+,48+/m1/s1. The topological polar surface area (TPSA) is 283 Å². The van der Waals surface area contributed by atoms with Gasteiger partial charge in [-0.3, -0.25) is 14.3 Å². The van der Waals surface area contributed by atoms with Crippen molar-refractivity contribution in [2.24, 2.45) is 0 Å². The molecule has 0 aliphatic carbocycles. The van der Waals surface area contributed by atoms with E-state index in [1.165, 1.54) is 12.8 Å². The number of hydrogen-bond donors (Lipinski definition) is 10. The second-order valence-electron chi connectivity index (χ2n) is 17.9. The highest BCUT2D eigenvalue weighted by Crippen LogP contribution is 2.47. The van der Waals surface area contributed by atoms with Crippen molar-refractivity contribution in [3.05, 3.63) is 24.3 Å². The van der Waals surface area contributed by atoms with E-state index in [-0.39, 0.29) is 37.9 Å². The van der Waals surface area contributed by atoms with Gasteiger partial charge in [0.1, 0.15) is 37.1 Å². The van der Waals surface area contributed by atoms with E-state index >= 15 is 0 Å². The molecule has 2 rings (SSSR count). The molecule has 0 aromatic heterocycles. The van der Waals surface area contributed by atoms with Gasteiger partial charge in [-0.2, -0.15) is 0 Å². The summed E-state index contributed by atoms with van der Waals surface area (Å²) < 4.78 is 27.9. The largest absolute Gasteiger partial charge is 0.420 e. The van der Waals surface area contributed by atoms with E-state index in [1.807, 2.05) is 18.2 Å². The summed E-state index contributed by atoms with van der Waals surface area (Å²) in [5.74, 6) is -12.3. The molecule has 0 saturated carbocycles. The molecule has 17 heteroatoms. The number of aliphatic hydroxyl groups is 10. The number of hydrogen-bond acceptors (Lipinski definition) is 17. The maximum Gasteiger partial charge on any atom is 0.405 e. The minimum Gasteiger partial charge on any atom is -0.420 e. The third-order valence-corrected chi connectivity index (χ3v) is 12.2. The Hall–Kier alpha value is -2.10. The highest BCUT2D eigenvalue weighted by atomic mass is 17.0. The Balaban J connectivity index is 2.07. The van der Waals surface area contributed by atoms with Gasteiger partial charge >= 0.3 is 23.7 Å². The van der Waals surface area contributed by atoms with Crippen molar-refractivity contribution in [1.29, 1.82) is 0 Å². The fourth-order valence-electron chi connectivity index (χ4n) is 8.07. The normalized spacial score (nSPS) is 29.2. The number of esters is 2. The maximum absolute atomic E-state index is 13.6. The maximum atomic E-state index is 13.6. The predicted octanol–water partition coefficient (Wildman–Crippen LogP) is 4.36. The molecule has 17 nitrogen and oxygen atoms in total. The van der Waals surface area contributed by atoms with Crippen LogP contribution in [0.25, 0.3) is 0 Å². The fraction of sp³-hybridized carbons (Fsp3) is 0.875. The fourth-order valence-corrected chi connectivity index (χ4v) is 8.07. The Kier molecular flexibility index (Phi) is 29.6. The monoisotopic (exact) mass is 935 g/mol. The van der Waals surface area contributed by atoms with Crippen molar-refractivity contribution < 1.29 is 84.3 Å². The third-order valence-electron chi connectivity index (χ3n) is 12.2. The lowest BCUT2D eigenvalue weighted by Crippen LogP contribution is -2.78. The van der Waals surface area contributed by atoms with Gasteiger partial charge in [0.15, 0.2) is 6.10 Å². The second-order valence-corrected chi connectivity index (χ2v) is 17.9. The molecule has 0 bridgehead atoms. The molecule has 2 aliphatic heterocycles. The van der Waals surface area contributed by atoms with Gasteiger partial charge < -0.3 is 70.0 Å². The van der Waals surface area contributed by atoms with Crippen LogP contribution in [0.3, 0.4) is 0 Å². The molecule has 2 aliphatic rings. The quantitative estimate of drug-likeness (QED) is 0.0179. The molecule has 11 atom stereocenters. The SMILES string of the molecule is CCCCCCC(O)C/C=C/CCCCCCCC(=O)O[C@@]1(OC2(CO)O[C@H](CO)[C@@H](O)[C@@H]2O)O[C@H](CO)[C@@H](O)[C@H](O)[C@]1(O)OC(=O)CCCCCCC/C=C/CC(O)CCCCCC. The molecule has 2 saturated heterocycles. The van der Waals surface area contributed by atoms with Crippen LogP contribution in [0, 0.1) is 0 Å². The summed E-state index contributed by atoms with van der Waals surface area (Å²) in [4.78, 5) is 26.9. The van der Waals surface area contributed by atoms with Crippen molar-refractivity contribution in [2.45, 2.75) is 247 Å². The van der Waals surface area contributed by atoms with Crippen LogP contribution in [0.2, 0.25) is 0 Å². The minimum atomic E-state index is -3.62. The van der Waals surface area contributed by atoms with Gasteiger partial charge in [-0.25, -0.2) is 0 Å². The summed E-state index contributed by atoms with van der Waals surface area (Å²) in [6, 6.07) is 0. The highest BCUT2D eigenvalue weighted by Gasteiger charge is 2.75. The summed E-state index contributed by atoms with van der Waals surface area (Å²) in [5, 5.41) is 107. The molecule has 380 valence electrons. The van der Waals surface area contributed by atoms with E-state index in [0.717, 1.165) is 103 Å². The van der Waals surface area contributed by atoms with E-state index in [0.29, 0.717) is 25.7 Å². The number of rotatable bonds is 37. The Bertz CT molecular complexity index is 1330. The van der Waals surface area contributed by atoms with Crippen molar-refractivity contribution in [2.75, 3.05) is 19.8 Å². The van der Waals surface area contributed by atoms with Crippen LogP contribution in [0.1, 0.15) is 181 Å². The first-order valence-corrected chi connectivity index (χ1v) is 24.6. The van der Waals surface area contributed by atoms with Crippen LogP contribution in [0.4, 0.5) is 0 Å². The van der Waals surface area contributed by atoms with Crippen LogP contribution in [0.15, 0.2) is 24.3 Å². The molecule has 2 fully saturated rings. The van der Waals surface area contributed by atoms with Crippen molar-refractivity contribution in [3.63, 3.8) is 0 Å². The zero-order chi connectivity index (χ0) is 48.1. The molecule has 0 amide bonds. The number of aliphatic hydroxyl groups excluding tert-OH is 9. The summed E-state index contributed by atoms with van der Waals surface area (Å²) in [6.45, 7) is 1.01. The number of ether oxygens (including phenoxy) is 5. The Morgan fingerprint density at radius 2 is 1.00 bits per heavy atom. The zero-order valence-corrected chi connectivity index (χ0v) is 39.3. The van der Waals surface area contributed by atoms with E-state index in [1.54, 1.807) is 0 Å². The van der Waals surface area contributed by atoms with Crippen molar-refractivity contribution in [1.82, 2.24) is 0 Å². The van der Waals surface area contributed by atoms with Crippen LogP contribution in [-0.2, 0) is 33.3 Å². The lowest BCUT2D eigenvalue weighted by molar-refractivity contribution is -0.554. The second kappa shape index (κ2) is 32.6. The van der Waals surface area contributed by atoms with Gasteiger partial charge in [0, 0.05) is 12.8 Å². The van der Waals surface area contributed by atoms with Gasteiger partial charge in [-0.1, -0.05) is 128 Å². The lowest BCUT2D eigenvalue weighted by Gasteiger charge is -2.53. The first-order chi connectivity index (χ1) is 31.2. The molecular weight excluding hydrogens is 849 g/mol. The van der Waals surface area contributed by atoms with Gasteiger partial charge in [0.05, 0.1) is 25.4 Å². The molecule has 0 aromatic rings. The van der Waals surface area contributed by atoms with Gasteiger partial charge in [0.2, 0.25) is 5.79 Å². The lowest BCUT2D eigenvalue weighted by atomic mass is 9.93. The van der Waals surface area contributed by atoms with E-state index < -0.39 is 85.9 Å². The van der Waals surface area contributed by atoms with Gasteiger partial charge in [0.25, 0.3) is 0 Å². The van der Waals surface area contributed by atoms with Crippen LogP contribution in [0.5, 0.6) is 0 Å². The average molecular weight is 935 g/mol. The number of unbranched alkanes of at least 4 members (excludes halogenated alkanes) is 16. The van der Waals surface area contributed by atoms with E-state index in [9.17, 15) is 60.7 Å².